The van der Waals surface area contributed by atoms with Crippen LogP contribution >= 0.6 is 0 Å². The van der Waals surface area contributed by atoms with Crippen LogP contribution in [0.3, 0.4) is 0 Å². The predicted molar refractivity (Wildman–Crippen MR) is 72.6 cm³/mol. The first-order valence-electron chi connectivity index (χ1n) is 6.15. The van der Waals surface area contributed by atoms with Gasteiger partial charge in [0.2, 0.25) is 0 Å². The van der Waals surface area contributed by atoms with Crippen LogP contribution in [-0.2, 0) is 17.8 Å². The van der Waals surface area contributed by atoms with E-state index in [4.69, 9.17) is 19.9 Å². The number of rotatable bonds is 2. The van der Waals surface area contributed by atoms with E-state index in [-0.39, 0.29) is 0 Å². The van der Waals surface area contributed by atoms with E-state index in [2.05, 4.69) is 4.98 Å². The summed E-state index contributed by atoms with van der Waals surface area (Å²) in [5, 5.41) is 0.848. The molecule has 5 heteroatoms. The molecule has 1 aromatic heterocycles. The third kappa shape index (κ3) is 1.86. The minimum atomic E-state index is 0.517. The van der Waals surface area contributed by atoms with Gasteiger partial charge in [-0.1, -0.05) is 0 Å². The first kappa shape index (κ1) is 12.0. The molecule has 0 unspecified atom stereocenters. The molecule has 0 saturated carbocycles. The van der Waals surface area contributed by atoms with Gasteiger partial charge in [-0.3, -0.25) is 0 Å². The Kier molecular flexibility index (Phi) is 2.91. The number of nitrogen functional groups attached to an aromatic ring is 1. The molecule has 2 heterocycles. The highest BCUT2D eigenvalue weighted by Gasteiger charge is 2.19. The summed E-state index contributed by atoms with van der Waals surface area (Å²) in [6, 6.07) is 3.70. The first-order chi connectivity index (χ1) is 9.24. The maximum absolute atomic E-state index is 6.26. The average molecular weight is 260 g/mol. The highest BCUT2D eigenvalue weighted by molar-refractivity contribution is 5.97. The summed E-state index contributed by atoms with van der Waals surface area (Å²) in [6.45, 7) is 1.20. The zero-order valence-electron chi connectivity index (χ0n) is 11.0. The van der Waals surface area contributed by atoms with Crippen molar-refractivity contribution in [2.45, 2.75) is 13.0 Å². The fourth-order valence-electron chi connectivity index (χ4n) is 2.41. The van der Waals surface area contributed by atoms with E-state index >= 15 is 0 Å². The summed E-state index contributed by atoms with van der Waals surface area (Å²) in [5.41, 5.74) is 9.72. The molecule has 1 aromatic carbocycles. The number of methoxy groups -OCH3 is 2. The lowest BCUT2D eigenvalue weighted by molar-refractivity contribution is 0.110. The Labute approximate surface area is 111 Å². The smallest absolute Gasteiger partial charge is 0.148 e. The molecule has 0 fully saturated rings. The van der Waals surface area contributed by atoms with Crippen molar-refractivity contribution in [3.05, 3.63) is 23.4 Å². The quantitative estimate of drug-likeness (QED) is 0.893. The molecule has 100 valence electrons. The monoisotopic (exact) mass is 260 g/mol. The maximum atomic E-state index is 6.26. The number of benzene rings is 1. The lowest BCUT2D eigenvalue weighted by Gasteiger charge is -2.20. The van der Waals surface area contributed by atoms with E-state index in [9.17, 15) is 0 Å². The van der Waals surface area contributed by atoms with Crippen LogP contribution in [0.5, 0.6) is 11.5 Å². The number of pyridine rings is 1. The summed E-state index contributed by atoms with van der Waals surface area (Å²) in [7, 11) is 3.24. The number of nitrogens with two attached hydrogens (primary N) is 1. The fourth-order valence-corrected chi connectivity index (χ4v) is 2.41. The van der Waals surface area contributed by atoms with Crippen molar-refractivity contribution < 1.29 is 14.2 Å². The van der Waals surface area contributed by atoms with Crippen molar-refractivity contribution in [1.82, 2.24) is 4.98 Å². The van der Waals surface area contributed by atoms with Crippen LogP contribution in [-0.4, -0.2) is 25.8 Å². The number of aromatic nitrogens is 1. The van der Waals surface area contributed by atoms with Gasteiger partial charge in [0.05, 0.1) is 33.1 Å². The van der Waals surface area contributed by atoms with Crippen molar-refractivity contribution in [2.75, 3.05) is 26.6 Å². The molecule has 5 nitrogen and oxygen atoms in total. The van der Waals surface area contributed by atoms with E-state index < -0.39 is 0 Å². The second-order valence-electron chi connectivity index (χ2n) is 4.48. The van der Waals surface area contributed by atoms with Crippen LogP contribution in [0.15, 0.2) is 12.1 Å². The Bertz CT molecular complexity index is 640. The van der Waals surface area contributed by atoms with Crippen LogP contribution < -0.4 is 15.2 Å². The number of ether oxygens (including phenoxy) is 3. The molecular weight excluding hydrogens is 244 g/mol. The van der Waals surface area contributed by atoms with Gasteiger partial charge in [0, 0.05) is 29.1 Å². The summed E-state index contributed by atoms with van der Waals surface area (Å²) in [6.07, 6.45) is 0.782. The van der Waals surface area contributed by atoms with Crippen molar-refractivity contribution in [3.8, 4) is 11.5 Å². The third-order valence-corrected chi connectivity index (χ3v) is 3.44. The molecule has 1 aliphatic heterocycles. The average Bonchev–Trinajstić information content (AvgIpc) is 2.47. The van der Waals surface area contributed by atoms with Crippen molar-refractivity contribution in [3.63, 3.8) is 0 Å². The fraction of sp³-hybridized carbons (Fsp3) is 0.357. The van der Waals surface area contributed by atoms with Gasteiger partial charge in [-0.25, -0.2) is 4.98 Å². The van der Waals surface area contributed by atoms with E-state index in [0.717, 1.165) is 28.6 Å². The van der Waals surface area contributed by atoms with Crippen LogP contribution in [0.1, 0.15) is 11.3 Å². The Balaban J connectivity index is 2.34. The second-order valence-corrected chi connectivity index (χ2v) is 4.48. The van der Waals surface area contributed by atoms with E-state index in [0.29, 0.717) is 30.4 Å². The third-order valence-electron chi connectivity index (χ3n) is 3.44. The highest BCUT2D eigenvalue weighted by atomic mass is 16.5. The zero-order chi connectivity index (χ0) is 13.4. The normalized spacial score (nSPS) is 14.2. The van der Waals surface area contributed by atoms with E-state index in [1.807, 2.05) is 12.1 Å². The summed E-state index contributed by atoms with van der Waals surface area (Å²) < 4.78 is 16.1. The molecule has 0 atom stereocenters. The number of anilines is 1. The van der Waals surface area contributed by atoms with Crippen molar-refractivity contribution in [1.29, 1.82) is 0 Å². The van der Waals surface area contributed by atoms with Gasteiger partial charge >= 0.3 is 0 Å². The largest absolute Gasteiger partial charge is 0.497 e. The Morgan fingerprint density at radius 3 is 2.84 bits per heavy atom. The van der Waals surface area contributed by atoms with Gasteiger partial charge in [0.25, 0.3) is 0 Å². The SMILES string of the molecule is COc1cc(OC)c2nc3c(c(N)c2c1)COCC3. The van der Waals surface area contributed by atoms with Crippen LogP contribution in [0.2, 0.25) is 0 Å². The van der Waals surface area contributed by atoms with Crippen LogP contribution in [0.4, 0.5) is 5.69 Å². The van der Waals surface area contributed by atoms with Crippen LogP contribution in [0, 0.1) is 0 Å². The van der Waals surface area contributed by atoms with Gasteiger partial charge in [-0.05, 0) is 6.07 Å². The summed E-state index contributed by atoms with van der Waals surface area (Å²) in [5.74, 6) is 1.38. The molecule has 0 spiro atoms. The first-order valence-corrected chi connectivity index (χ1v) is 6.15. The Morgan fingerprint density at radius 2 is 2.11 bits per heavy atom. The van der Waals surface area contributed by atoms with Gasteiger partial charge in [0.1, 0.15) is 17.0 Å². The molecule has 3 rings (SSSR count). The van der Waals surface area contributed by atoms with E-state index in [1.165, 1.54) is 0 Å². The molecule has 0 saturated heterocycles. The topological polar surface area (TPSA) is 66.6 Å². The molecule has 0 amide bonds. The minimum Gasteiger partial charge on any atom is -0.497 e. The second kappa shape index (κ2) is 4.59. The van der Waals surface area contributed by atoms with Gasteiger partial charge in [-0.2, -0.15) is 0 Å². The summed E-state index contributed by atoms with van der Waals surface area (Å²) >= 11 is 0. The molecule has 2 N–H and O–H groups in total. The van der Waals surface area contributed by atoms with Crippen LogP contribution in [0.25, 0.3) is 10.9 Å². The highest BCUT2D eigenvalue weighted by Crippen LogP contribution is 2.36. The van der Waals surface area contributed by atoms with Crippen molar-refractivity contribution in [2.24, 2.45) is 0 Å². The predicted octanol–water partition coefficient (Wildman–Crippen LogP) is 1.91. The molecule has 19 heavy (non-hydrogen) atoms. The molecular formula is C14H16N2O3. The zero-order valence-corrected chi connectivity index (χ0v) is 11.0. The van der Waals surface area contributed by atoms with E-state index in [1.54, 1.807) is 14.2 Å². The lowest BCUT2D eigenvalue weighted by Crippen LogP contribution is -2.14. The lowest BCUT2D eigenvalue weighted by atomic mass is 10.0. The Hall–Kier alpha value is -2.01. The maximum Gasteiger partial charge on any atom is 0.148 e. The standard InChI is InChI=1S/C14H16N2O3/c1-17-8-5-9-13(15)10-7-19-4-3-11(10)16-14(9)12(6-8)18-2/h5-6H,3-4,7H2,1-2H3,(H2,15,16). The summed E-state index contributed by atoms with van der Waals surface area (Å²) in [4.78, 5) is 4.68. The van der Waals surface area contributed by atoms with Gasteiger partial charge < -0.3 is 19.9 Å². The molecule has 1 aliphatic rings. The van der Waals surface area contributed by atoms with Crippen molar-refractivity contribution >= 4 is 16.6 Å². The molecule has 0 radical (unpaired) electrons. The Morgan fingerprint density at radius 1 is 1.26 bits per heavy atom. The van der Waals surface area contributed by atoms with Gasteiger partial charge in [0.15, 0.2) is 0 Å². The number of fused-ring (bicyclic) bond motifs is 2. The van der Waals surface area contributed by atoms with Gasteiger partial charge in [-0.15, -0.1) is 0 Å². The molecule has 2 aromatic rings. The number of hydrogen-bond acceptors (Lipinski definition) is 5. The number of nitrogens with zero attached hydrogens (tertiary/aromatic N) is 1. The minimum absolute atomic E-state index is 0.517. The number of hydrogen-bond donors (Lipinski definition) is 1. The molecule has 0 bridgehead atoms. The molecule has 0 aliphatic carbocycles.